The van der Waals surface area contributed by atoms with Crippen LogP contribution in [0.15, 0.2) is 30.4 Å². The third kappa shape index (κ3) is 4.68. The van der Waals surface area contributed by atoms with Gasteiger partial charge in [-0.1, -0.05) is 25.1 Å². The zero-order valence-electron chi connectivity index (χ0n) is 13.2. The average molecular weight is 301 g/mol. The van der Waals surface area contributed by atoms with Gasteiger partial charge in [-0.3, -0.25) is 0 Å². The lowest BCUT2D eigenvalue weighted by Gasteiger charge is -2.27. The first-order valence-corrected chi connectivity index (χ1v) is 8.18. The molecule has 1 aliphatic carbocycles. The molecule has 0 heterocycles. The van der Waals surface area contributed by atoms with E-state index in [2.05, 4.69) is 19.1 Å². The van der Waals surface area contributed by atoms with Gasteiger partial charge in [-0.25, -0.2) is 4.39 Å². The first-order valence-electron chi connectivity index (χ1n) is 8.18. The van der Waals surface area contributed by atoms with E-state index in [1.165, 1.54) is 6.07 Å². The van der Waals surface area contributed by atoms with Crippen LogP contribution in [-0.4, -0.2) is 13.2 Å². The highest BCUT2D eigenvalue weighted by Gasteiger charge is 2.23. The summed E-state index contributed by atoms with van der Waals surface area (Å²) in [6.45, 7) is 3.61. The maximum atomic E-state index is 14.1. The van der Waals surface area contributed by atoms with Gasteiger partial charge in [0, 0.05) is 6.61 Å². The Balaban J connectivity index is 1.83. The molecular weight excluding hydrogens is 277 g/mol. The zero-order valence-corrected chi connectivity index (χ0v) is 13.2. The number of rotatable bonds is 6. The monoisotopic (exact) mass is 301 g/mol. The number of allylic oxidation sites excluding steroid dienone is 1. The van der Waals surface area contributed by atoms with Crippen molar-refractivity contribution < 1.29 is 9.13 Å². The highest BCUT2D eigenvalue weighted by atomic mass is 19.1. The Labute approximate surface area is 132 Å². The molecule has 2 nitrogen and oxygen atoms in total. The van der Waals surface area contributed by atoms with Gasteiger partial charge in [0.15, 0.2) is 0 Å². The fourth-order valence-electron chi connectivity index (χ4n) is 3.09. The molecule has 0 spiro atoms. The molecule has 2 rings (SSSR count). The van der Waals surface area contributed by atoms with Gasteiger partial charge in [-0.15, -0.1) is 0 Å². The third-order valence-electron chi connectivity index (χ3n) is 4.31. The summed E-state index contributed by atoms with van der Waals surface area (Å²) < 4.78 is 19.5. The molecule has 1 aromatic carbocycles. The summed E-state index contributed by atoms with van der Waals surface area (Å²) in [6.07, 6.45) is 9.61. The fraction of sp³-hybridized carbons (Fsp3) is 0.526. The lowest BCUT2D eigenvalue weighted by atomic mass is 9.78. The average Bonchev–Trinajstić information content (AvgIpc) is 2.55. The molecule has 1 saturated carbocycles. The normalized spacial score (nSPS) is 21.9. The minimum Gasteiger partial charge on any atom is -0.377 e. The second-order valence-electron chi connectivity index (χ2n) is 5.96. The maximum absolute atomic E-state index is 14.1. The van der Waals surface area contributed by atoms with Crippen molar-refractivity contribution in [3.8, 4) is 6.07 Å². The van der Waals surface area contributed by atoms with Crippen molar-refractivity contribution in [2.75, 3.05) is 13.2 Å². The number of nitrogens with zero attached hydrogens (tertiary/aromatic N) is 1. The molecule has 1 aliphatic rings. The Morgan fingerprint density at radius 2 is 2.09 bits per heavy atom. The minimum absolute atomic E-state index is 0.231. The fourth-order valence-corrected chi connectivity index (χ4v) is 3.09. The van der Waals surface area contributed by atoms with Crippen LogP contribution in [0.3, 0.4) is 0 Å². The number of nitriles is 1. The quantitative estimate of drug-likeness (QED) is 0.550. The summed E-state index contributed by atoms with van der Waals surface area (Å²) in [7, 11) is 0. The molecule has 1 fully saturated rings. The van der Waals surface area contributed by atoms with Gasteiger partial charge in [0.05, 0.1) is 18.2 Å². The van der Waals surface area contributed by atoms with E-state index < -0.39 is 0 Å². The Morgan fingerprint density at radius 1 is 1.32 bits per heavy atom. The minimum atomic E-state index is -0.231. The highest BCUT2D eigenvalue weighted by molar-refractivity contribution is 5.34. The van der Waals surface area contributed by atoms with Crippen LogP contribution in [-0.2, 0) is 4.74 Å². The Hall–Kier alpha value is -1.66. The topological polar surface area (TPSA) is 33.0 Å². The lowest BCUT2D eigenvalue weighted by molar-refractivity contribution is 0.162. The Morgan fingerprint density at radius 3 is 2.73 bits per heavy atom. The van der Waals surface area contributed by atoms with E-state index in [9.17, 15) is 4.39 Å². The Bertz CT molecular complexity index is 539. The molecule has 0 amide bonds. The van der Waals surface area contributed by atoms with Crippen molar-refractivity contribution >= 4 is 0 Å². The van der Waals surface area contributed by atoms with Crippen molar-refractivity contribution in [1.82, 2.24) is 0 Å². The van der Waals surface area contributed by atoms with E-state index in [0.29, 0.717) is 18.1 Å². The molecule has 0 atom stereocenters. The predicted octanol–water partition coefficient (Wildman–Crippen LogP) is 4.95. The van der Waals surface area contributed by atoms with Crippen molar-refractivity contribution in [3.05, 3.63) is 47.3 Å². The summed E-state index contributed by atoms with van der Waals surface area (Å²) in [5, 5.41) is 8.80. The van der Waals surface area contributed by atoms with Gasteiger partial charge in [0.25, 0.3) is 0 Å². The number of hydrogen-bond acceptors (Lipinski definition) is 2. The van der Waals surface area contributed by atoms with Gasteiger partial charge in [-0.2, -0.15) is 5.26 Å². The van der Waals surface area contributed by atoms with Crippen molar-refractivity contribution in [3.63, 3.8) is 0 Å². The number of benzene rings is 1. The Kier molecular flexibility index (Phi) is 6.61. The standard InChI is InChI=1S/C19H24FNO/c1-2-11-22-12-3-4-15-5-8-17(9-6-15)18-10-7-16(14-21)13-19(18)20/h3-4,7,10,13,15,17H,2,5-6,8-9,11-12H2,1H3. The van der Waals surface area contributed by atoms with Crippen LogP contribution >= 0.6 is 0 Å². The second kappa shape index (κ2) is 8.70. The molecule has 0 bridgehead atoms. The molecule has 0 aromatic heterocycles. The predicted molar refractivity (Wildman–Crippen MR) is 86.1 cm³/mol. The van der Waals surface area contributed by atoms with Crippen LogP contribution in [0.25, 0.3) is 0 Å². The molecular formula is C19H24FNO. The smallest absolute Gasteiger partial charge is 0.127 e. The number of ether oxygens (including phenoxy) is 1. The molecule has 118 valence electrons. The van der Waals surface area contributed by atoms with Crippen molar-refractivity contribution in [2.24, 2.45) is 5.92 Å². The molecule has 0 N–H and O–H groups in total. The second-order valence-corrected chi connectivity index (χ2v) is 5.96. The first kappa shape index (κ1) is 16.7. The molecule has 3 heteroatoms. The van der Waals surface area contributed by atoms with Gasteiger partial charge in [-0.05, 0) is 61.6 Å². The number of halogens is 1. The van der Waals surface area contributed by atoms with E-state index in [0.717, 1.165) is 44.3 Å². The van der Waals surface area contributed by atoms with E-state index >= 15 is 0 Å². The zero-order chi connectivity index (χ0) is 15.8. The van der Waals surface area contributed by atoms with Gasteiger partial charge in [0.2, 0.25) is 0 Å². The van der Waals surface area contributed by atoms with E-state index in [1.54, 1.807) is 12.1 Å². The van der Waals surface area contributed by atoms with Crippen LogP contribution in [0.4, 0.5) is 4.39 Å². The largest absolute Gasteiger partial charge is 0.377 e. The molecule has 1 aromatic rings. The van der Waals surface area contributed by atoms with Crippen LogP contribution in [0, 0.1) is 23.1 Å². The summed E-state index contributed by atoms with van der Waals surface area (Å²) in [4.78, 5) is 0. The lowest BCUT2D eigenvalue weighted by Crippen LogP contribution is -2.13. The number of hydrogen-bond donors (Lipinski definition) is 0. The van der Waals surface area contributed by atoms with Crippen LogP contribution in [0.5, 0.6) is 0 Å². The van der Waals surface area contributed by atoms with E-state index in [-0.39, 0.29) is 11.7 Å². The summed E-state index contributed by atoms with van der Waals surface area (Å²) in [5.41, 5.74) is 1.16. The maximum Gasteiger partial charge on any atom is 0.127 e. The molecule has 0 unspecified atom stereocenters. The summed E-state index contributed by atoms with van der Waals surface area (Å²) in [6, 6.07) is 6.84. The van der Waals surface area contributed by atoms with Crippen molar-refractivity contribution in [1.29, 1.82) is 5.26 Å². The SMILES string of the molecule is CCCOCC=CC1CCC(c2ccc(C#N)cc2F)CC1. The summed E-state index contributed by atoms with van der Waals surface area (Å²) >= 11 is 0. The molecule has 22 heavy (non-hydrogen) atoms. The van der Waals surface area contributed by atoms with Crippen LogP contribution < -0.4 is 0 Å². The van der Waals surface area contributed by atoms with Crippen LogP contribution in [0.1, 0.15) is 56.1 Å². The van der Waals surface area contributed by atoms with Crippen molar-refractivity contribution in [2.45, 2.75) is 44.9 Å². The first-order chi connectivity index (χ1) is 10.7. The highest BCUT2D eigenvalue weighted by Crippen LogP contribution is 2.37. The van der Waals surface area contributed by atoms with Gasteiger partial charge >= 0.3 is 0 Å². The van der Waals surface area contributed by atoms with Gasteiger partial charge in [0.1, 0.15) is 5.82 Å². The van der Waals surface area contributed by atoms with Crippen LogP contribution in [0.2, 0.25) is 0 Å². The van der Waals surface area contributed by atoms with Gasteiger partial charge < -0.3 is 4.74 Å². The summed E-state index contributed by atoms with van der Waals surface area (Å²) in [5.74, 6) is 0.641. The molecule has 0 aliphatic heterocycles. The molecule has 0 saturated heterocycles. The third-order valence-corrected chi connectivity index (χ3v) is 4.31. The van der Waals surface area contributed by atoms with E-state index in [1.807, 2.05) is 6.07 Å². The van der Waals surface area contributed by atoms with E-state index in [4.69, 9.17) is 10.00 Å². The molecule has 0 radical (unpaired) electrons.